The number of hydrogen-bond donors (Lipinski definition) is 1. The summed E-state index contributed by atoms with van der Waals surface area (Å²) in [5.41, 5.74) is 6.74. The number of aromatic nitrogens is 2. The Hall–Kier alpha value is -0.830. The summed E-state index contributed by atoms with van der Waals surface area (Å²) in [7, 11) is 0. The van der Waals surface area contributed by atoms with Gasteiger partial charge in [0.05, 0.1) is 6.20 Å². The zero-order valence-electron chi connectivity index (χ0n) is 8.53. The minimum Gasteiger partial charge on any atom is -0.330 e. The predicted molar refractivity (Wildman–Crippen MR) is 54.6 cm³/mol. The molecule has 1 atom stereocenters. The molecule has 3 heteroatoms. The maximum Gasteiger partial charge on any atom is 0.0521 e. The minimum atomic E-state index is 0.506. The largest absolute Gasteiger partial charge is 0.330 e. The molecule has 3 nitrogen and oxygen atoms in total. The van der Waals surface area contributed by atoms with Crippen LogP contribution in [-0.4, -0.2) is 16.3 Å². The van der Waals surface area contributed by atoms with Crippen LogP contribution in [0, 0.1) is 0 Å². The first-order chi connectivity index (χ1) is 6.27. The van der Waals surface area contributed by atoms with Crippen molar-refractivity contribution < 1.29 is 0 Å². The average molecular weight is 181 g/mol. The van der Waals surface area contributed by atoms with E-state index in [1.807, 2.05) is 10.9 Å². The summed E-state index contributed by atoms with van der Waals surface area (Å²) in [6.07, 6.45) is 7.29. The maximum atomic E-state index is 5.44. The molecular formula is C10H19N3. The van der Waals surface area contributed by atoms with E-state index in [-0.39, 0.29) is 0 Å². The summed E-state index contributed by atoms with van der Waals surface area (Å²) in [5, 5.41) is 4.32. The Kier molecular flexibility index (Phi) is 3.96. The van der Waals surface area contributed by atoms with Gasteiger partial charge >= 0.3 is 0 Å². The Morgan fingerprint density at radius 2 is 2.38 bits per heavy atom. The fraction of sp³-hybridized carbons (Fsp3) is 0.700. The van der Waals surface area contributed by atoms with Gasteiger partial charge in [-0.05, 0) is 38.3 Å². The fourth-order valence-corrected chi connectivity index (χ4v) is 1.24. The van der Waals surface area contributed by atoms with Crippen molar-refractivity contribution in [3.8, 4) is 0 Å². The van der Waals surface area contributed by atoms with Crippen molar-refractivity contribution in [2.75, 3.05) is 6.54 Å². The standard InChI is InChI=1S/C10H19N3/c1-3-9(2)13-8-10(7-12-13)5-4-6-11/h7-9H,3-6,11H2,1-2H3/t9-/m0/s1. The van der Waals surface area contributed by atoms with Crippen LogP contribution >= 0.6 is 0 Å². The molecule has 0 unspecified atom stereocenters. The van der Waals surface area contributed by atoms with Crippen molar-refractivity contribution in [3.05, 3.63) is 18.0 Å². The van der Waals surface area contributed by atoms with Gasteiger partial charge in [0.25, 0.3) is 0 Å². The first kappa shape index (κ1) is 10.3. The summed E-state index contributed by atoms with van der Waals surface area (Å²) < 4.78 is 2.03. The van der Waals surface area contributed by atoms with E-state index in [0.29, 0.717) is 6.04 Å². The van der Waals surface area contributed by atoms with Gasteiger partial charge in [0.2, 0.25) is 0 Å². The van der Waals surface area contributed by atoms with Crippen LogP contribution < -0.4 is 5.73 Å². The van der Waals surface area contributed by atoms with E-state index in [2.05, 4.69) is 25.1 Å². The molecular weight excluding hydrogens is 162 g/mol. The Bertz CT molecular complexity index is 242. The van der Waals surface area contributed by atoms with Gasteiger partial charge in [0.1, 0.15) is 0 Å². The Balaban J connectivity index is 2.53. The van der Waals surface area contributed by atoms with Gasteiger partial charge < -0.3 is 5.73 Å². The van der Waals surface area contributed by atoms with E-state index in [0.717, 1.165) is 25.8 Å². The zero-order chi connectivity index (χ0) is 9.68. The van der Waals surface area contributed by atoms with E-state index in [1.54, 1.807) is 0 Å². The van der Waals surface area contributed by atoms with E-state index in [9.17, 15) is 0 Å². The van der Waals surface area contributed by atoms with Crippen molar-refractivity contribution in [2.45, 2.75) is 39.2 Å². The summed E-state index contributed by atoms with van der Waals surface area (Å²) in [6, 6.07) is 0.506. The number of aryl methyl sites for hydroxylation is 1. The number of rotatable bonds is 5. The molecule has 0 aliphatic heterocycles. The summed E-state index contributed by atoms with van der Waals surface area (Å²) in [5.74, 6) is 0. The van der Waals surface area contributed by atoms with E-state index in [1.165, 1.54) is 5.56 Å². The third-order valence-electron chi connectivity index (χ3n) is 2.37. The number of nitrogens with zero attached hydrogens (tertiary/aromatic N) is 2. The van der Waals surface area contributed by atoms with Gasteiger partial charge in [0.15, 0.2) is 0 Å². The van der Waals surface area contributed by atoms with Crippen LogP contribution in [0.15, 0.2) is 12.4 Å². The molecule has 0 bridgehead atoms. The van der Waals surface area contributed by atoms with Gasteiger partial charge in [-0.3, -0.25) is 4.68 Å². The SMILES string of the molecule is CC[C@H](C)n1cc(CCCN)cn1. The van der Waals surface area contributed by atoms with E-state index in [4.69, 9.17) is 5.73 Å². The second kappa shape index (κ2) is 5.02. The minimum absolute atomic E-state index is 0.506. The molecule has 74 valence electrons. The molecule has 2 N–H and O–H groups in total. The van der Waals surface area contributed by atoms with Crippen LogP contribution in [0.5, 0.6) is 0 Å². The Morgan fingerprint density at radius 3 is 3.00 bits per heavy atom. The second-order valence-corrected chi connectivity index (χ2v) is 3.48. The molecule has 1 heterocycles. The molecule has 1 aromatic heterocycles. The third-order valence-corrected chi connectivity index (χ3v) is 2.37. The van der Waals surface area contributed by atoms with Gasteiger partial charge in [-0.1, -0.05) is 6.92 Å². The molecule has 13 heavy (non-hydrogen) atoms. The van der Waals surface area contributed by atoms with Crippen LogP contribution in [0.25, 0.3) is 0 Å². The van der Waals surface area contributed by atoms with Crippen LogP contribution in [0.1, 0.15) is 38.3 Å². The highest BCUT2D eigenvalue weighted by atomic mass is 15.3. The molecule has 1 aromatic rings. The quantitative estimate of drug-likeness (QED) is 0.752. The summed E-state index contributed by atoms with van der Waals surface area (Å²) in [4.78, 5) is 0. The first-order valence-electron chi connectivity index (χ1n) is 5.01. The monoisotopic (exact) mass is 181 g/mol. The predicted octanol–water partition coefficient (Wildman–Crippen LogP) is 1.75. The van der Waals surface area contributed by atoms with Crippen molar-refractivity contribution in [2.24, 2.45) is 5.73 Å². The lowest BCUT2D eigenvalue weighted by Gasteiger charge is -2.07. The summed E-state index contributed by atoms with van der Waals surface area (Å²) >= 11 is 0. The average Bonchev–Trinajstić information content (AvgIpc) is 2.62. The maximum absolute atomic E-state index is 5.44. The van der Waals surface area contributed by atoms with E-state index >= 15 is 0 Å². The normalized spacial score (nSPS) is 13.2. The topological polar surface area (TPSA) is 43.8 Å². The number of nitrogens with two attached hydrogens (primary N) is 1. The first-order valence-corrected chi connectivity index (χ1v) is 5.01. The van der Waals surface area contributed by atoms with Crippen molar-refractivity contribution in [1.82, 2.24) is 9.78 Å². The molecule has 0 saturated heterocycles. The molecule has 0 saturated carbocycles. The zero-order valence-corrected chi connectivity index (χ0v) is 8.53. The highest BCUT2D eigenvalue weighted by molar-refractivity contribution is 5.04. The van der Waals surface area contributed by atoms with Gasteiger partial charge in [-0.25, -0.2) is 0 Å². The van der Waals surface area contributed by atoms with Crippen molar-refractivity contribution in [1.29, 1.82) is 0 Å². The molecule has 0 aliphatic carbocycles. The highest BCUT2D eigenvalue weighted by Gasteiger charge is 2.03. The van der Waals surface area contributed by atoms with Crippen molar-refractivity contribution >= 4 is 0 Å². The molecule has 0 aliphatic rings. The van der Waals surface area contributed by atoms with E-state index < -0.39 is 0 Å². The molecule has 0 amide bonds. The molecule has 1 rings (SSSR count). The lowest BCUT2D eigenvalue weighted by molar-refractivity contribution is 0.477. The van der Waals surface area contributed by atoms with Crippen molar-refractivity contribution in [3.63, 3.8) is 0 Å². The lowest BCUT2D eigenvalue weighted by Crippen LogP contribution is -2.03. The van der Waals surface area contributed by atoms with Gasteiger partial charge in [-0.15, -0.1) is 0 Å². The Morgan fingerprint density at radius 1 is 1.62 bits per heavy atom. The molecule has 0 fully saturated rings. The van der Waals surface area contributed by atoms with Crippen LogP contribution in [-0.2, 0) is 6.42 Å². The second-order valence-electron chi connectivity index (χ2n) is 3.48. The smallest absolute Gasteiger partial charge is 0.0521 e. The Labute approximate surface area is 79.9 Å². The molecule has 0 spiro atoms. The fourth-order valence-electron chi connectivity index (χ4n) is 1.24. The highest BCUT2D eigenvalue weighted by Crippen LogP contribution is 2.10. The van der Waals surface area contributed by atoms with Crippen LogP contribution in [0.2, 0.25) is 0 Å². The van der Waals surface area contributed by atoms with Gasteiger partial charge in [-0.2, -0.15) is 5.10 Å². The van der Waals surface area contributed by atoms with Crippen LogP contribution in [0.4, 0.5) is 0 Å². The summed E-state index contributed by atoms with van der Waals surface area (Å²) in [6.45, 7) is 5.11. The van der Waals surface area contributed by atoms with Gasteiger partial charge in [0, 0.05) is 12.2 Å². The lowest BCUT2D eigenvalue weighted by atomic mass is 10.2. The van der Waals surface area contributed by atoms with Crippen LogP contribution in [0.3, 0.4) is 0 Å². The molecule has 0 radical (unpaired) electrons. The molecule has 0 aromatic carbocycles. The third kappa shape index (κ3) is 2.84. The number of hydrogen-bond acceptors (Lipinski definition) is 2.